The third-order valence-electron chi connectivity index (χ3n) is 4.89. The molecule has 0 bridgehead atoms. The van der Waals surface area contributed by atoms with Crippen molar-refractivity contribution in [1.29, 1.82) is 0 Å². The molecule has 106 valence electrons. The molecule has 1 heteroatoms. The van der Waals surface area contributed by atoms with Crippen LogP contribution >= 0.6 is 0 Å². The molecule has 3 rings (SSSR count). The highest BCUT2D eigenvalue weighted by Crippen LogP contribution is 2.29. The van der Waals surface area contributed by atoms with Gasteiger partial charge in [0.15, 0.2) is 0 Å². The fraction of sp³-hybridized carbons (Fsp3) is 0.474. The van der Waals surface area contributed by atoms with Crippen LogP contribution in [0.1, 0.15) is 38.7 Å². The molecule has 0 spiro atoms. The summed E-state index contributed by atoms with van der Waals surface area (Å²) in [6.45, 7) is 5.77. The van der Waals surface area contributed by atoms with Gasteiger partial charge in [0.05, 0.1) is 0 Å². The topological polar surface area (TPSA) is 12.0 Å². The van der Waals surface area contributed by atoms with E-state index in [1.165, 1.54) is 35.6 Å². The van der Waals surface area contributed by atoms with E-state index < -0.39 is 0 Å². The minimum absolute atomic E-state index is 0.678. The standard InChI is InChI=1S/C19H25N/c1-14-10-11-15(2)19(12-14)20-13-17-8-5-7-16-6-3-4-9-18(16)17/h3-9,14-15,19-20H,10-13H2,1-2H3. The second kappa shape index (κ2) is 5.97. The van der Waals surface area contributed by atoms with Gasteiger partial charge in [0, 0.05) is 12.6 Å². The van der Waals surface area contributed by atoms with Crippen molar-refractivity contribution in [2.45, 2.75) is 45.7 Å². The maximum Gasteiger partial charge on any atom is 0.0214 e. The maximum atomic E-state index is 3.81. The molecular weight excluding hydrogens is 242 g/mol. The van der Waals surface area contributed by atoms with Gasteiger partial charge in [-0.25, -0.2) is 0 Å². The molecule has 1 aliphatic rings. The second-order valence-corrected chi connectivity index (χ2v) is 6.52. The Hall–Kier alpha value is -1.34. The van der Waals surface area contributed by atoms with Crippen LogP contribution in [0.4, 0.5) is 0 Å². The first-order valence-corrected chi connectivity index (χ1v) is 7.94. The highest BCUT2D eigenvalue weighted by Gasteiger charge is 2.24. The summed E-state index contributed by atoms with van der Waals surface area (Å²) in [5.74, 6) is 1.68. The summed E-state index contributed by atoms with van der Waals surface area (Å²) < 4.78 is 0. The molecule has 2 aromatic rings. The number of fused-ring (bicyclic) bond motifs is 1. The van der Waals surface area contributed by atoms with Gasteiger partial charge in [-0.15, -0.1) is 0 Å². The van der Waals surface area contributed by atoms with Crippen LogP contribution in [-0.2, 0) is 6.54 Å². The van der Waals surface area contributed by atoms with Crippen LogP contribution in [0, 0.1) is 11.8 Å². The highest BCUT2D eigenvalue weighted by atomic mass is 14.9. The maximum absolute atomic E-state index is 3.81. The number of hydrogen-bond donors (Lipinski definition) is 1. The smallest absolute Gasteiger partial charge is 0.0214 e. The predicted molar refractivity (Wildman–Crippen MR) is 86.8 cm³/mol. The quantitative estimate of drug-likeness (QED) is 0.846. The van der Waals surface area contributed by atoms with Crippen molar-refractivity contribution in [2.24, 2.45) is 11.8 Å². The summed E-state index contributed by atoms with van der Waals surface area (Å²) in [6, 6.07) is 16.0. The van der Waals surface area contributed by atoms with E-state index in [1.807, 2.05) is 0 Å². The molecule has 0 radical (unpaired) electrons. The van der Waals surface area contributed by atoms with Crippen LogP contribution < -0.4 is 5.32 Å². The Labute approximate surface area is 122 Å². The molecule has 0 saturated heterocycles. The van der Waals surface area contributed by atoms with Gasteiger partial charge >= 0.3 is 0 Å². The van der Waals surface area contributed by atoms with Crippen LogP contribution in [0.2, 0.25) is 0 Å². The molecule has 2 aromatic carbocycles. The van der Waals surface area contributed by atoms with E-state index in [9.17, 15) is 0 Å². The van der Waals surface area contributed by atoms with Crippen molar-refractivity contribution in [1.82, 2.24) is 5.32 Å². The van der Waals surface area contributed by atoms with Crippen LogP contribution in [0.25, 0.3) is 10.8 Å². The Morgan fingerprint density at radius 1 is 1.00 bits per heavy atom. The van der Waals surface area contributed by atoms with Gasteiger partial charge in [-0.3, -0.25) is 0 Å². The van der Waals surface area contributed by atoms with Crippen LogP contribution in [-0.4, -0.2) is 6.04 Å². The average Bonchev–Trinajstić information content (AvgIpc) is 2.48. The van der Waals surface area contributed by atoms with Gasteiger partial charge in [0.1, 0.15) is 0 Å². The molecule has 1 aliphatic carbocycles. The third kappa shape index (κ3) is 2.88. The number of benzene rings is 2. The van der Waals surface area contributed by atoms with E-state index in [0.29, 0.717) is 6.04 Å². The van der Waals surface area contributed by atoms with Gasteiger partial charge in [-0.1, -0.05) is 62.7 Å². The first-order valence-electron chi connectivity index (χ1n) is 7.94. The molecule has 0 aromatic heterocycles. The molecule has 0 aliphatic heterocycles. The molecule has 0 amide bonds. The molecule has 0 heterocycles. The minimum atomic E-state index is 0.678. The Morgan fingerprint density at radius 2 is 1.80 bits per heavy atom. The first kappa shape index (κ1) is 13.6. The number of rotatable bonds is 3. The number of hydrogen-bond acceptors (Lipinski definition) is 1. The monoisotopic (exact) mass is 267 g/mol. The molecule has 20 heavy (non-hydrogen) atoms. The van der Waals surface area contributed by atoms with Crippen molar-refractivity contribution < 1.29 is 0 Å². The largest absolute Gasteiger partial charge is 0.310 e. The summed E-state index contributed by atoms with van der Waals surface area (Å²) in [5.41, 5.74) is 1.42. The van der Waals surface area contributed by atoms with E-state index in [1.54, 1.807) is 0 Å². The van der Waals surface area contributed by atoms with E-state index in [0.717, 1.165) is 18.4 Å². The summed E-state index contributed by atoms with van der Waals surface area (Å²) in [4.78, 5) is 0. The summed E-state index contributed by atoms with van der Waals surface area (Å²) in [5, 5.41) is 6.54. The zero-order valence-corrected chi connectivity index (χ0v) is 12.6. The lowest BCUT2D eigenvalue weighted by Gasteiger charge is -2.33. The average molecular weight is 267 g/mol. The van der Waals surface area contributed by atoms with Crippen molar-refractivity contribution in [3.05, 3.63) is 48.0 Å². The fourth-order valence-corrected chi connectivity index (χ4v) is 3.50. The lowest BCUT2D eigenvalue weighted by Crippen LogP contribution is -2.39. The summed E-state index contributed by atoms with van der Waals surface area (Å²) in [7, 11) is 0. The summed E-state index contributed by atoms with van der Waals surface area (Å²) >= 11 is 0. The van der Waals surface area contributed by atoms with E-state index >= 15 is 0 Å². The van der Waals surface area contributed by atoms with E-state index in [2.05, 4.69) is 61.6 Å². The Bertz CT molecular complexity index is 569. The number of nitrogens with one attached hydrogen (secondary N) is 1. The molecule has 1 saturated carbocycles. The van der Waals surface area contributed by atoms with Gasteiger partial charge in [-0.2, -0.15) is 0 Å². The minimum Gasteiger partial charge on any atom is -0.310 e. The molecule has 3 atom stereocenters. The third-order valence-corrected chi connectivity index (χ3v) is 4.89. The van der Waals surface area contributed by atoms with Crippen molar-refractivity contribution in [3.63, 3.8) is 0 Å². The molecule has 1 nitrogen and oxygen atoms in total. The van der Waals surface area contributed by atoms with Crippen LogP contribution in [0.5, 0.6) is 0 Å². The van der Waals surface area contributed by atoms with Gasteiger partial charge in [-0.05, 0) is 41.0 Å². The van der Waals surface area contributed by atoms with Crippen LogP contribution in [0.15, 0.2) is 42.5 Å². The molecule has 3 unspecified atom stereocenters. The van der Waals surface area contributed by atoms with E-state index in [-0.39, 0.29) is 0 Å². The Kier molecular flexibility index (Phi) is 4.07. The first-order chi connectivity index (χ1) is 9.74. The Morgan fingerprint density at radius 3 is 2.70 bits per heavy atom. The fourth-order valence-electron chi connectivity index (χ4n) is 3.50. The van der Waals surface area contributed by atoms with Gasteiger partial charge < -0.3 is 5.32 Å². The zero-order chi connectivity index (χ0) is 13.9. The Balaban J connectivity index is 1.73. The van der Waals surface area contributed by atoms with Gasteiger partial charge in [0.2, 0.25) is 0 Å². The van der Waals surface area contributed by atoms with Crippen molar-refractivity contribution >= 4 is 10.8 Å². The van der Waals surface area contributed by atoms with E-state index in [4.69, 9.17) is 0 Å². The van der Waals surface area contributed by atoms with Gasteiger partial charge in [0.25, 0.3) is 0 Å². The predicted octanol–water partition coefficient (Wildman–Crippen LogP) is 4.75. The highest BCUT2D eigenvalue weighted by molar-refractivity contribution is 5.85. The zero-order valence-electron chi connectivity index (χ0n) is 12.6. The molecule has 1 N–H and O–H groups in total. The normalized spacial score (nSPS) is 26.8. The van der Waals surface area contributed by atoms with Crippen molar-refractivity contribution in [2.75, 3.05) is 0 Å². The molecular formula is C19H25N. The lowest BCUT2D eigenvalue weighted by atomic mass is 9.80. The van der Waals surface area contributed by atoms with Crippen LogP contribution in [0.3, 0.4) is 0 Å². The van der Waals surface area contributed by atoms with Crippen molar-refractivity contribution in [3.8, 4) is 0 Å². The lowest BCUT2D eigenvalue weighted by molar-refractivity contribution is 0.227. The summed E-state index contributed by atoms with van der Waals surface area (Å²) in [6.07, 6.45) is 4.09. The molecule has 1 fully saturated rings. The second-order valence-electron chi connectivity index (χ2n) is 6.52. The SMILES string of the molecule is CC1CCC(C)C(NCc2cccc3ccccc23)C1.